The summed E-state index contributed by atoms with van der Waals surface area (Å²) in [5.74, 6) is -7.23. The second kappa shape index (κ2) is 20.4. The standard InChI is InChI=1S/C78H48F6N2O/c1-3-47-23-27-51(28-24-47)77(49-15-7-5-8-16-49)63-21-13-11-19-57(63)59-35-31-55(41-65(59)77)85(73-45-69(81)67(79)43-71(73)83)53-33-37-75-61(39-53)62-40-54(34-38-76(62)87-75)86(74-46-70(82)68(80)44-72(74)84)56-32-36-60-58-20-12-14-22-64(58)78(66(60)42-56,50-17-9-6-10-18-50)52-29-25-48(4-2)26-30-52/h3-46H,1-2H2. The van der Waals surface area contributed by atoms with Crippen LogP contribution in [0, 0.1) is 34.9 Å². The summed E-state index contributed by atoms with van der Waals surface area (Å²) < 4.78 is 102. The van der Waals surface area contributed by atoms with Crippen LogP contribution in [0.4, 0.5) is 60.5 Å². The number of halogens is 6. The fourth-order valence-electron chi connectivity index (χ4n) is 13.8. The topological polar surface area (TPSA) is 19.6 Å². The molecule has 0 bridgehead atoms. The Morgan fingerprint density at radius 1 is 0.299 bits per heavy atom. The summed E-state index contributed by atoms with van der Waals surface area (Å²) >= 11 is 0. The minimum absolute atomic E-state index is 0.264. The number of hydrogen-bond donors (Lipinski definition) is 0. The van der Waals surface area contributed by atoms with Crippen LogP contribution in [-0.2, 0) is 10.8 Å². The molecule has 87 heavy (non-hydrogen) atoms. The van der Waals surface area contributed by atoms with E-state index in [2.05, 4.69) is 86.0 Å². The Bertz CT molecular complexity index is 4630. The first-order valence-electron chi connectivity index (χ1n) is 28.4. The van der Waals surface area contributed by atoms with Crippen molar-refractivity contribution in [3.8, 4) is 22.3 Å². The highest BCUT2D eigenvalue weighted by atomic mass is 19.2. The Labute approximate surface area is 497 Å². The van der Waals surface area contributed by atoms with Crippen LogP contribution >= 0.6 is 0 Å². The summed E-state index contributed by atoms with van der Waals surface area (Å²) in [5, 5.41) is 1.04. The maximum atomic E-state index is 16.8. The normalized spacial score (nSPS) is 15.4. The molecule has 0 aliphatic heterocycles. The molecule has 0 N–H and O–H groups in total. The first-order chi connectivity index (χ1) is 42.5. The molecule has 15 rings (SSSR count). The van der Waals surface area contributed by atoms with Gasteiger partial charge in [-0.1, -0.05) is 195 Å². The summed E-state index contributed by atoms with van der Waals surface area (Å²) in [4.78, 5) is 3.13. The Morgan fingerprint density at radius 3 is 1.03 bits per heavy atom. The van der Waals surface area contributed by atoms with Gasteiger partial charge in [-0.3, -0.25) is 0 Å². The average molecular weight is 1140 g/mol. The zero-order valence-corrected chi connectivity index (χ0v) is 46.4. The molecule has 12 aromatic carbocycles. The summed E-state index contributed by atoms with van der Waals surface area (Å²) in [6.45, 7) is 8.00. The van der Waals surface area contributed by atoms with Gasteiger partial charge in [0.25, 0.3) is 0 Å². The van der Waals surface area contributed by atoms with Crippen molar-refractivity contribution < 1.29 is 30.8 Å². The van der Waals surface area contributed by atoms with Gasteiger partial charge < -0.3 is 14.2 Å². The van der Waals surface area contributed by atoms with Gasteiger partial charge in [-0.25, -0.2) is 26.3 Å². The number of furan rings is 1. The highest BCUT2D eigenvalue weighted by Crippen LogP contribution is 2.60. The van der Waals surface area contributed by atoms with Gasteiger partial charge in [-0.05, 0) is 139 Å². The monoisotopic (exact) mass is 1140 g/mol. The molecule has 0 amide bonds. The lowest BCUT2D eigenvalue weighted by atomic mass is 9.67. The molecule has 0 spiro atoms. The maximum absolute atomic E-state index is 16.8. The zero-order chi connectivity index (χ0) is 59.3. The molecule has 0 radical (unpaired) electrons. The molecule has 9 heteroatoms. The second-order valence-electron chi connectivity index (χ2n) is 22.0. The van der Waals surface area contributed by atoms with E-state index in [4.69, 9.17) is 4.42 Å². The molecule has 13 aromatic rings. The van der Waals surface area contributed by atoms with Gasteiger partial charge in [0.15, 0.2) is 23.3 Å². The van der Waals surface area contributed by atoms with E-state index in [1.54, 1.807) is 58.4 Å². The lowest BCUT2D eigenvalue weighted by Gasteiger charge is -2.35. The molecule has 2 atom stereocenters. The first kappa shape index (κ1) is 52.9. The Hall–Kier alpha value is -10.9. The maximum Gasteiger partial charge on any atom is 0.161 e. The lowest BCUT2D eigenvalue weighted by molar-refractivity contribution is 0.495. The van der Waals surface area contributed by atoms with E-state index in [0.717, 1.165) is 90.0 Å². The van der Waals surface area contributed by atoms with E-state index in [9.17, 15) is 0 Å². The van der Waals surface area contributed by atoms with Gasteiger partial charge in [-0.2, -0.15) is 0 Å². The molecule has 1 heterocycles. The van der Waals surface area contributed by atoms with Crippen LogP contribution in [0.2, 0.25) is 0 Å². The van der Waals surface area contributed by atoms with E-state index in [0.29, 0.717) is 56.8 Å². The van der Waals surface area contributed by atoms with Gasteiger partial charge in [-0.15, -0.1) is 0 Å². The smallest absolute Gasteiger partial charge is 0.161 e. The molecule has 1 aromatic heterocycles. The van der Waals surface area contributed by atoms with Gasteiger partial charge in [0.05, 0.1) is 22.2 Å². The number of benzene rings is 12. The van der Waals surface area contributed by atoms with Crippen LogP contribution in [0.1, 0.15) is 55.6 Å². The molecule has 0 saturated heterocycles. The van der Waals surface area contributed by atoms with E-state index in [1.807, 2.05) is 121 Å². The molecule has 3 nitrogen and oxygen atoms in total. The summed E-state index contributed by atoms with van der Waals surface area (Å²) in [6, 6.07) is 78.1. The predicted molar refractivity (Wildman–Crippen MR) is 338 cm³/mol. The third-order valence-electron chi connectivity index (χ3n) is 17.6. The fourth-order valence-corrected chi connectivity index (χ4v) is 13.8. The van der Waals surface area contributed by atoms with Crippen LogP contribution in [0.15, 0.2) is 272 Å². The van der Waals surface area contributed by atoms with Crippen LogP contribution < -0.4 is 9.80 Å². The number of nitrogens with zero attached hydrogens (tertiary/aromatic N) is 2. The predicted octanol–water partition coefficient (Wildman–Crippen LogP) is 21.4. The Kier molecular flexibility index (Phi) is 12.4. The van der Waals surface area contributed by atoms with Crippen molar-refractivity contribution in [2.75, 3.05) is 9.80 Å². The van der Waals surface area contributed by atoms with Crippen molar-refractivity contribution in [2.24, 2.45) is 0 Å². The average Bonchev–Trinajstić information content (AvgIpc) is 1.58. The molecule has 418 valence electrons. The summed E-state index contributed by atoms with van der Waals surface area (Å²) in [6.07, 6.45) is 3.58. The molecule has 0 saturated carbocycles. The van der Waals surface area contributed by atoms with Crippen LogP contribution in [0.3, 0.4) is 0 Å². The quantitative estimate of drug-likeness (QED) is 0.0898. The number of anilines is 6. The fraction of sp³-hybridized carbons (Fsp3) is 0.0256. The van der Waals surface area contributed by atoms with E-state index in [-0.39, 0.29) is 11.4 Å². The number of hydrogen-bond acceptors (Lipinski definition) is 3. The largest absolute Gasteiger partial charge is 0.456 e. The third-order valence-corrected chi connectivity index (χ3v) is 17.6. The molecule has 2 aliphatic carbocycles. The van der Waals surface area contributed by atoms with Crippen molar-refractivity contribution in [3.05, 3.63) is 358 Å². The van der Waals surface area contributed by atoms with Crippen LogP contribution in [0.25, 0.3) is 56.3 Å². The Morgan fingerprint density at radius 2 is 0.632 bits per heavy atom. The SMILES string of the molecule is C=Cc1ccc(C2(c3ccccc3)c3ccccc3-c3ccc(N(c4ccc5oc6ccc(N(c7ccc8c(c7)C(c7ccccc7)(c7ccc(C=C)cc7)c7ccccc7-8)c7cc(F)c(F)cc7F)cc6c5c4)c4cc(F)c(F)cc4F)cc32)cc1. The third kappa shape index (κ3) is 8.06. The zero-order valence-electron chi connectivity index (χ0n) is 46.4. The molecule has 2 unspecified atom stereocenters. The van der Waals surface area contributed by atoms with Crippen molar-refractivity contribution in [1.29, 1.82) is 0 Å². The molecular weight excluding hydrogens is 1090 g/mol. The lowest BCUT2D eigenvalue weighted by Crippen LogP contribution is -2.28. The summed E-state index contributed by atoms with van der Waals surface area (Å²) in [7, 11) is 0. The van der Waals surface area contributed by atoms with Crippen LogP contribution in [-0.4, -0.2) is 0 Å². The van der Waals surface area contributed by atoms with Crippen molar-refractivity contribution in [1.82, 2.24) is 0 Å². The van der Waals surface area contributed by atoms with E-state index < -0.39 is 45.7 Å². The van der Waals surface area contributed by atoms with Crippen LogP contribution in [0.5, 0.6) is 0 Å². The highest BCUT2D eigenvalue weighted by molar-refractivity contribution is 6.08. The van der Waals surface area contributed by atoms with E-state index in [1.165, 1.54) is 0 Å². The van der Waals surface area contributed by atoms with E-state index >= 15 is 26.3 Å². The molecular formula is C78H48F6N2O. The molecule has 2 aliphatic rings. The van der Waals surface area contributed by atoms with Gasteiger partial charge >= 0.3 is 0 Å². The highest BCUT2D eigenvalue weighted by Gasteiger charge is 2.48. The number of fused-ring (bicyclic) bond motifs is 9. The van der Waals surface area contributed by atoms with Gasteiger partial charge in [0, 0.05) is 57.8 Å². The molecule has 0 fully saturated rings. The van der Waals surface area contributed by atoms with Crippen molar-refractivity contribution in [2.45, 2.75) is 10.8 Å². The minimum Gasteiger partial charge on any atom is -0.456 e. The Balaban J connectivity index is 0.938. The van der Waals surface area contributed by atoms with Crippen molar-refractivity contribution in [3.63, 3.8) is 0 Å². The minimum atomic E-state index is -1.35. The first-order valence-corrected chi connectivity index (χ1v) is 28.4. The van der Waals surface area contributed by atoms with Gasteiger partial charge in [0.2, 0.25) is 0 Å². The van der Waals surface area contributed by atoms with Gasteiger partial charge in [0.1, 0.15) is 22.8 Å². The second-order valence-corrected chi connectivity index (χ2v) is 22.0. The summed E-state index contributed by atoms with van der Waals surface area (Å²) in [5.41, 5.74) is 13.5. The van der Waals surface area contributed by atoms with Crippen molar-refractivity contribution >= 4 is 68.2 Å². The number of rotatable bonds is 12.